The molecule has 2 unspecified atom stereocenters. The van der Waals surface area contributed by atoms with Gasteiger partial charge in [0.2, 0.25) is 0 Å². The molecule has 1 aliphatic rings. The number of rotatable bonds is 4. The Morgan fingerprint density at radius 1 is 1.32 bits per heavy atom. The topological polar surface area (TPSA) is 33.3 Å². The van der Waals surface area contributed by atoms with Crippen molar-refractivity contribution in [3.63, 3.8) is 0 Å². The van der Waals surface area contributed by atoms with Crippen LogP contribution in [0.4, 0.5) is 5.69 Å². The molecule has 1 fully saturated rings. The van der Waals surface area contributed by atoms with Gasteiger partial charge in [-0.25, -0.2) is 0 Å². The highest BCUT2D eigenvalue weighted by molar-refractivity contribution is 6.44. The van der Waals surface area contributed by atoms with Crippen LogP contribution in [0.2, 0.25) is 15.1 Å². The third kappa shape index (κ3) is 4.40. The van der Waals surface area contributed by atoms with Crippen molar-refractivity contribution >= 4 is 40.5 Å². The highest BCUT2D eigenvalue weighted by Gasteiger charge is 2.17. The Bertz CT molecular complexity index is 436. The van der Waals surface area contributed by atoms with Crippen molar-refractivity contribution in [3.05, 3.63) is 27.2 Å². The van der Waals surface area contributed by atoms with E-state index >= 15 is 0 Å². The van der Waals surface area contributed by atoms with Crippen LogP contribution in [0.25, 0.3) is 0 Å². The average molecular weight is 324 g/mol. The van der Waals surface area contributed by atoms with Crippen LogP contribution in [0, 0.1) is 0 Å². The van der Waals surface area contributed by atoms with E-state index in [0.717, 1.165) is 31.9 Å². The van der Waals surface area contributed by atoms with Gasteiger partial charge in [-0.15, -0.1) is 0 Å². The molecule has 0 saturated carbocycles. The van der Waals surface area contributed by atoms with Crippen molar-refractivity contribution in [1.29, 1.82) is 0 Å². The van der Waals surface area contributed by atoms with E-state index < -0.39 is 0 Å². The number of hydrogen-bond donors (Lipinski definition) is 2. The predicted molar refractivity (Wildman–Crippen MR) is 81.8 cm³/mol. The lowest BCUT2D eigenvalue weighted by Crippen LogP contribution is -2.43. The molecule has 0 spiro atoms. The molecule has 106 valence electrons. The SMILES string of the molecule is CC(CC1COCCN1)Nc1cc(Cl)c(Cl)cc1Cl. The lowest BCUT2D eigenvalue weighted by molar-refractivity contribution is 0.0731. The molecule has 0 aromatic heterocycles. The van der Waals surface area contributed by atoms with Gasteiger partial charge in [-0.2, -0.15) is 0 Å². The van der Waals surface area contributed by atoms with Gasteiger partial charge >= 0.3 is 0 Å². The van der Waals surface area contributed by atoms with Crippen LogP contribution in [0.3, 0.4) is 0 Å². The Kier molecular flexibility index (Phi) is 5.60. The minimum Gasteiger partial charge on any atom is -0.381 e. The van der Waals surface area contributed by atoms with Gasteiger partial charge in [0.05, 0.1) is 34.0 Å². The van der Waals surface area contributed by atoms with E-state index in [0.29, 0.717) is 21.1 Å². The lowest BCUT2D eigenvalue weighted by atomic mass is 10.1. The molecule has 19 heavy (non-hydrogen) atoms. The molecule has 2 atom stereocenters. The van der Waals surface area contributed by atoms with E-state index in [1.54, 1.807) is 12.1 Å². The van der Waals surface area contributed by atoms with E-state index in [2.05, 4.69) is 17.6 Å². The molecule has 0 radical (unpaired) electrons. The minimum atomic E-state index is 0.258. The number of halogens is 3. The third-order valence-electron chi connectivity index (χ3n) is 3.05. The molecular weight excluding hydrogens is 307 g/mol. The van der Waals surface area contributed by atoms with Gasteiger partial charge in [0.1, 0.15) is 0 Å². The van der Waals surface area contributed by atoms with Gasteiger partial charge in [0.25, 0.3) is 0 Å². The summed E-state index contributed by atoms with van der Waals surface area (Å²) < 4.78 is 5.44. The van der Waals surface area contributed by atoms with Crippen molar-refractivity contribution in [2.24, 2.45) is 0 Å². The zero-order valence-electron chi connectivity index (χ0n) is 10.7. The molecule has 1 heterocycles. The van der Waals surface area contributed by atoms with Crippen molar-refractivity contribution in [2.45, 2.75) is 25.4 Å². The van der Waals surface area contributed by atoms with Crippen LogP contribution in [0.15, 0.2) is 12.1 Å². The number of nitrogens with one attached hydrogen (secondary N) is 2. The van der Waals surface area contributed by atoms with Crippen molar-refractivity contribution in [1.82, 2.24) is 5.32 Å². The first-order valence-corrected chi connectivity index (χ1v) is 7.42. The molecular formula is C13H17Cl3N2O. The molecule has 1 aromatic rings. The first kappa shape index (κ1) is 15.2. The predicted octanol–water partition coefficient (Wildman–Crippen LogP) is 3.83. The number of ether oxygens (including phenoxy) is 1. The monoisotopic (exact) mass is 322 g/mol. The minimum absolute atomic E-state index is 0.258. The summed E-state index contributed by atoms with van der Waals surface area (Å²) in [6, 6.07) is 4.04. The highest BCUT2D eigenvalue weighted by atomic mass is 35.5. The van der Waals surface area contributed by atoms with Crippen LogP contribution >= 0.6 is 34.8 Å². The summed E-state index contributed by atoms with van der Waals surface area (Å²) >= 11 is 18.0. The fraction of sp³-hybridized carbons (Fsp3) is 0.538. The number of morpholine rings is 1. The summed E-state index contributed by atoms with van der Waals surface area (Å²) in [6.45, 7) is 4.55. The van der Waals surface area contributed by atoms with E-state index in [1.165, 1.54) is 0 Å². The van der Waals surface area contributed by atoms with Crippen molar-refractivity contribution < 1.29 is 4.74 Å². The molecule has 0 aliphatic carbocycles. The summed E-state index contributed by atoms with van der Waals surface area (Å²) in [6.07, 6.45) is 0.955. The molecule has 2 rings (SSSR count). The van der Waals surface area contributed by atoms with Gasteiger partial charge in [0.15, 0.2) is 0 Å². The van der Waals surface area contributed by atoms with E-state index in [1.807, 2.05) is 0 Å². The average Bonchev–Trinajstić information content (AvgIpc) is 2.37. The first-order valence-electron chi connectivity index (χ1n) is 6.28. The number of anilines is 1. The maximum absolute atomic E-state index is 6.14. The van der Waals surface area contributed by atoms with Crippen LogP contribution < -0.4 is 10.6 Å². The Morgan fingerprint density at radius 3 is 2.74 bits per heavy atom. The molecule has 2 N–H and O–H groups in total. The summed E-state index contributed by atoms with van der Waals surface area (Å²) in [5.74, 6) is 0. The van der Waals surface area contributed by atoms with Gasteiger partial charge in [0, 0.05) is 18.6 Å². The normalized spacial score (nSPS) is 21.2. The van der Waals surface area contributed by atoms with Crippen LogP contribution in [-0.2, 0) is 4.74 Å². The third-order valence-corrected chi connectivity index (χ3v) is 4.08. The smallest absolute Gasteiger partial charge is 0.0653 e. The second-order valence-corrected chi connectivity index (χ2v) is 5.97. The van der Waals surface area contributed by atoms with Crippen molar-refractivity contribution in [3.8, 4) is 0 Å². The Morgan fingerprint density at radius 2 is 2.05 bits per heavy atom. The van der Waals surface area contributed by atoms with Gasteiger partial charge < -0.3 is 15.4 Å². The summed E-state index contributed by atoms with van der Waals surface area (Å²) in [5.41, 5.74) is 0.806. The standard InChI is InChI=1S/C13H17Cl3N2O/c1-8(4-9-7-19-3-2-17-9)18-13-6-11(15)10(14)5-12(13)16/h5-6,8-9,17-18H,2-4,7H2,1H3. The van der Waals surface area contributed by atoms with Crippen molar-refractivity contribution in [2.75, 3.05) is 25.1 Å². The molecule has 6 heteroatoms. The molecule has 1 aliphatic heterocycles. The number of hydrogen-bond acceptors (Lipinski definition) is 3. The summed E-state index contributed by atoms with van der Waals surface area (Å²) in [4.78, 5) is 0. The van der Waals surface area contributed by atoms with E-state index in [4.69, 9.17) is 39.5 Å². The van der Waals surface area contributed by atoms with Crippen LogP contribution in [0.5, 0.6) is 0 Å². The Labute approximate surface area is 128 Å². The lowest BCUT2D eigenvalue weighted by Gasteiger charge is -2.27. The fourth-order valence-electron chi connectivity index (χ4n) is 2.16. The molecule has 3 nitrogen and oxygen atoms in total. The highest BCUT2D eigenvalue weighted by Crippen LogP contribution is 2.32. The zero-order valence-corrected chi connectivity index (χ0v) is 12.9. The zero-order chi connectivity index (χ0) is 13.8. The number of benzene rings is 1. The molecule has 1 saturated heterocycles. The van der Waals surface area contributed by atoms with Gasteiger partial charge in [-0.05, 0) is 25.5 Å². The van der Waals surface area contributed by atoms with Gasteiger partial charge in [-0.1, -0.05) is 34.8 Å². The van der Waals surface area contributed by atoms with Gasteiger partial charge in [-0.3, -0.25) is 0 Å². The Hall–Kier alpha value is -0.190. The molecule has 1 aromatic carbocycles. The quantitative estimate of drug-likeness (QED) is 0.826. The largest absolute Gasteiger partial charge is 0.381 e. The summed E-state index contributed by atoms with van der Waals surface area (Å²) in [7, 11) is 0. The van der Waals surface area contributed by atoms with E-state index in [9.17, 15) is 0 Å². The van der Waals surface area contributed by atoms with Crippen LogP contribution in [-0.4, -0.2) is 31.8 Å². The van der Waals surface area contributed by atoms with Crippen LogP contribution in [0.1, 0.15) is 13.3 Å². The maximum atomic E-state index is 6.14. The second-order valence-electron chi connectivity index (χ2n) is 4.75. The van der Waals surface area contributed by atoms with E-state index in [-0.39, 0.29) is 6.04 Å². The molecule has 0 bridgehead atoms. The molecule has 0 amide bonds. The Balaban J connectivity index is 1.94. The maximum Gasteiger partial charge on any atom is 0.0653 e. The second kappa shape index (κ2) is 7.00. The first-order chi connectivity index (χ1) is 9.06. The summed E-state index contributed by atoms with van der Waals surface area (Å²) in [5, 5.41) is 8.32. The fourth-order valence-corrected chi connectivity index (χ4v) is 2.76.